The molecule has 1 unspecified atom stereocenters. The van der Waals surface area contributed by atoms with E-state index in [4.69, 9.17) is 16.3 Å². The highest BCUT2D eigenvalue weighted by Crippen LogP contribution is 2.40. The maximum atomic E-state index is 13.8. The van der Waals surface area contributed by atoms with Crippen molar-refractivity contribution >= 4 is 33.2 Å². The van der Waals surface area contributed by atoms with E-state index in [0.717, 1.165) is 26.7 Å². The number of ether oxygens (including phenoxy) is 1. The maximum Gasteiger partial charge on any atom is 0.264 e. The van der Waals surface area contributed by atoms with Gasteiger partial charge in [-0.2, -0.15) is 0 Å². The number of hydrogen-bond donors (Lipinski definition) is 1. The van der Waals surface area contributed by atoms with Crippen LogP contribution in [0.25, 0.3) is 0 Å². The molecule has 0 aliphatic carbocycles. The summed E-state index contributed by atoms with van der Waals surface area (Å²) in [5.74, 6) is 0.311. The molecule has 4 rings (SSSR count). The third-order valence-corrected chi connectivity index (χ3v) is 8.31. The third-order valence-electron chi connectivity index (χ3n) is 6.30. The summed E-state index contributed by atoms with van der Waals surface area (Å²) >= 11 is 6.23. The van der Waals surface area contributed by atoms with Crippen LogP contribution >= 0.6 is 11.6 Å². The molecule has 0 radical (unpaired) electrons. The van der Waals surface area contributed by atoms with Crippen molar-refractivity contribution in [3.05, 3.63) is 87.9 Å². The van der Waals surface area contributed by atoms with E-state index in [9.17, 15) is 13.2 Å². The average Bonchev–Trinajstić information content (AvgIpc) is 2.78. The van der Waals surface area contributed by atoms with Crippen molar-refractivity contribution in [2.45, 2.75) is 57.6 Å². The Hall–Kier alpha value is -3.03. The van der Waals surface area contributed by atoms with Crippen LogP contribution in [0.5, 0.6) is 5.75 Å². The van der Waals surface area contributed by atoms with E-state index in [2.05, 4.69) is 5.32 Å². The molecular weight excluding hydrogens is 496 g/mol. The van der Waals surface area contributed by atoms with Gasteiger partial charge in [0.25, 0.3) is 10.0 Å². The number of nitrogens with zero attached hydrogens (tertiary/aromatic N) is 1. The van der Waals surface area contributed by atoms with Gasteiger partial charge in [0, 0.05) is 17.0 Å². The molecule has 1 heterocycles. The first-order valence-corrected chi connectivity index (χ1v) is 13.6. The fourth-order valence-corrected chi connectivity index (χ4v) is 6.09. The minimum Gasteiger partial charge on any atom is -0.487 e. The first-order chi connectivity index (χ1) is 16.9. The Kier molecular flexibility index (Phi) is 7.08. The number of hydrogen-bond acceptors (Lipinski definition) is 4. The smallest absolute Gasteiger partial charge is 0.264 e. The van der Waals surface area contributed by atoms with Gasteiger partial charge in [-0.25, -0.2) is 8.42 Å². The summed E-state index contributed by atoms with van der Waals surface area (Å²) in [5, 5.41) is 3.44. The van der Waals surface area contributed by atoms with Crippen LogP contribution in [0.2, 0.25) is 5.02 Å². The van der Waals surface area contributed by atoms with Gasteiger partial charge in [-0.05, 0) is 76.1 Å². The summed E-state index contributed by atoms with van der Waals surface area (Å²) in [6.45, 7) is 9.22. The second kappa shape index (κ2) is 9.79. The van der Waals surface area contributed by atoms with Crippen LogP contribution in [0.15, 0.2) is 65.6 Å². The number of benzene rings is 3. The van der Waals surface area contributed by atoms with Gasteiger partial charge in [0.1, 0.15) is 17.9 Å². The number of halogens is 1. The minimum absolute atomic E-state index is 0.105. The zero-order chi connectivity index (χ0) is 26.3. The Morgan fingerprint density at radius 1 is 1.03 bits per heavy atom. The van der Waals surface area contributed by atoms with Crippen LogP contribution < -0.4 is 14.4 Å². The van der Waals surface area contributed by atoms with E-state index in [0.29, 0.717) is 22.7 Å². The standard InChI is InChI=1S/C28H31ClN2O4S/c1-18-6-11-22(12-7-18)36(33,34)31(25-15-21(29)10-9-20(25)3)17-27(32)30-24-16-28(4,5)35-26-14-19(2)8-13-23(24)26/h6-15,24H,16-17H2,1-5H3,(H,30,32). The second-order valence-corrected chi connectivity index (χ2v) is 12.3. The molecule has 3 aromatic rings. The lowest BCUT2D eigenvalue weighted by atomic mass is 9.89. The Balaban J connectivity index is 1.69. The number of aryl methyl sites for hydroxylation is 3. The molecule has 0 fully saturated rings. The van der Waals surface area contributed by atoms with Crippen molar-refractivity contribution < 1.29 is 17.9 Å². The Labute approximate surface area is 218 Å². The van der Waals surface area contributed by atoms with Crippen molar-refractivity contribution in [2.75, 3.05) is 10.8 Å². The van der Waals surface area contributed by atoms with E-state index in [1.807, 2.05) is 45.9 Å². The number of carbonyl (C=O) groups is 1. The number of amides is 1. The van der Waals surface area contributed by atoms with E-state index in [-0.39, 0.29) is 10.9 Å². The molecular formula is C28H31ClN2O4S. The molecule has 0 saturated carbocycles. The largest absolute Gasteiger partial charge is 0.487 e. The summed E-state index contributed by atoms with van der Waals surface area (Å²) in [6, 6.07) is 17.1. The molecule has 6 nitrogen and oxygen atoms in total. The Morgan fingerprint density at radius 3 is 2.39 bits per heavy atom. The van der Waals surface area contributed by atoms with Gasteiger partial charge in [-0.3, -0.25) is 9.10 Å². The number of nitrogens with one attached hydrogen (secondary N) is 1. The van der Waals surface area contributed by atoms with Gasteiger partial charge in [-0.1, -0.05) is 47.5 Å². The quantitative estimate of drug-likeness (QED) is 0.435. The molecule has 0 bridgehead atoms. The lowest BCUT2D eigenvalue weighted by Crippen LogP contribution is -2.45. The molecule has 3 aromatic carbocycles. The monoisotopic (exact) mass is 526 g/mol. The van der Waals surface area contributed by atoms with Crippen molar-refractivity contribution in [2.24, 2.45) is 0 Å². The zero-order valence-corrected chi connectivity index (χ0v) is 22.7. The van der Waals surface area contributed by atoms with Crippen LogP contribution in [-0.4, -0.2) is 26.5 Å². The van der Waals surface area contributed by atoms with Crippen LogP contribution in [0.3, 0.4) is 0 Å². The van der Waals surface area contributed by atoms with Gasteiger partial charge in [0.05, 0.1) is 16.6 Å². The highest BCUT2D eigenvalue weighted by molar-refractivity contribution is 7.92. The van der Waals surface area contributed by atoms with Crippen molar-refractivity contribution in [1.29, 1.82) is 0 Å². The third kappa shape index (κ3) is 5.52. The zero-order valence-electron chi connectivity index (χ0n) is 21.1. The van der Waals surface area contributed by atoms with Crippen LogP contribution in [0.4, 0.5) is 5.69 Å². The summed E-state index contributed by atoms with van der Waals surface area (Å²) in [7, 11) is -4.05. The predicted octanol–water partition coefficient (Wildman–Crippen LogP) is 5.88. The predicted molar refractivity (Wildman–Crippen MR) is 143 cm³/mol. The number of sulfonamides is 1. The normalized spacial score (nSPS) is 16.6. The fourth-order valence-electron chi connectivity index (χ4n) is 4.45. The first-order valence-electron chi connectivity index (χ1n) is 11.8. The molecule has 1 aliphatic heterocycles. The molecule has 1 aliphatic rings. The number of rotatable bonds is 6. The molecule has 1 amide bonds. The summed E-state index contributed by atoms with van der Waals surface area (Å²) < 4.78 is 34.8. The average molecular weight is 527 g/mol. The lowest BCUT2D eigenvalue weighted by molar-refractivity contribution is -0.120. The van der Waals surface area contributed by atoms with Gasteiger partial charge < -0.3 is 10.1 Å². The van der Waals surface area contributed by atoms with Gasteiger partial charge >= 0.3 is 0 Å². The highest BCUT2D eigenvalue weighted by Gasteiger charge is 2.36. The van der Waals surface area contributed by atoms with E-state index < -0.39 is 28.1 Å². The molecule has 1 N–H and O–H groups in total. The Bertz CT molecular complexity index is 1400. The summed E-state index contributed by atoms with van der Waals surface area (Å²) in [6.07, 6.45) is 0.551. The summed E-state index contributed by atoms with van der Waals surface area (Å²) in [5.41, 5.74) is 3.44. The van der Waals surface area contributed by atoms with Gasteiger partial charge in [0.15, 0.2) is 0 Å². The Morgan fingerprint density at radius 2 is 1.69 bits per heavy atom. The SMILES string of the molecule is Cc1ccc(S(=O)(=O)N(CC(=O)NC2CC(C)(C)Oc3cc(C)ccc32)c2cc(Cl)ccc2C)cc1. The topological polar surface area (TPSA) is 75.7 Å². The second-order valence-electron chi connectivity index (χ2n) is 9.98. The van der Waals surface area contributed by atoms with E-state index in [1.165, 1.54) is 0 Å². The van der Waals surface area contributed by atoms with Crippen molar-refractivity contribution in [1.82, 2.24) is 5.32 Å². The molecule has 0 aromatic heterocycles. The molecule has 0 spiro atoms. The van der Waals surface area contributed by atoms with Gasteiger partial charge in [0.2, 0.25) is 5.91 Å². The van der Waals surface area contributed by atoms with Gasteiger partial charge in [-0.15, -0.1) is 0 Å². The maximum absolute atomic E-state index is 13.8. The molecule has 8 heteroatoms. The van der Waals surface area contributed by atoms with Crippen molar-refractivity contribution in [3.63, 3.8) is 0 Å². The molecule has 0 saturated heterocycles. The van der Waals surface area contributed by atoms with E-state index >= 15 is 0 Å². The van der Waals surface area contributed by atoms with E-state index in [1.54, 1.807) is 49.4 Å². The summed E-state index contributed by atoms with van der Waals surface area (Å²) in [4.78, 5) is 13.5. The molecule has 36 heavy (non-hydrogen) atoms. The number of fused-ring (bicyclic) bond motifs is 1. The molecule has 1 atom stereocenters. The van der Waals surface area contributed by atoms with Crippen molar-refractivity contribution in [3.8, 4) is 5.75 Å². The first kappa shape index (κ1) is 26.0. The minimum atomic E-state index is -4.05. The van der Waals surface area contributed by atoms with Crippen LogP contribution in [0.1, 0.15) is 48.6 Å². The highest BCUT2D eigenvalue weighted by atomic mass is 35.5. The number of carbonyl (C=O) groups excluding carboxylic acids is 1. The number of anilines is 1. The lowest BCUT2D eigenvalue weighted by Gasteiger charge is -2.38. The molecule has 190 valence electrons. The van der Waals surface area contributed by atoms with Crippen LogP contribution in [0, 0.1) is 20.8 Å². The van der Waals surface area contributed by atoms with Crippen LogP contribution in [-0.2, 0) is 14.8 Å². The fraction of sp³-hybridized carbons (Fsp3) is 0.321.